The molecule has 4 heteroatoms. The van der Waals surface area contributed by atoms with Crippen LogP contribution in [0.5, 0.6) is 0 Å². The van der Waals surface area contributed by atoms with E-state index in [1.54, 1.807) is 0 Å². The Morgan fingerprint density at radius 1 is 1.56 bits per heavy atom. The number of hydrogen-bond donors (Lipinski definition) is 2. The lowest BCUT2D eigenvalue weighted by Crippen LogP contribution is -2.43. The lowest BCUT2D eigenvalue weighted by molar-refractivity contribution is -0.125. The summed E-state index contributed by atoms with van der Waals surface area (Å²) in [5.41, 5.74) is 5.72. The van der Waals surface area contributed by atoms with Crippen molar-refractivity contribution in [3.8, 4) is 0 Å². The van der Waals surface area contributed by atoms with E-state index in [9.17, 15) is 4.79 Å². The third-order valence-electron chi connectivity index (χ3n) is 3.35. The van der Waals surface area contributed by atoms with Crippen molar-refractivity contribution in [2.45, 2.75) is 44.4 Å². The van der Waals surface area contributed by atoms with Crippen molar-refractivity contribution in [2.24, 2.45) is 11.7 Å². The van der Waals surface area contributed by atoms with Gasteiger partial charge in [-0.15, -0.1) is 0 Å². The topological polar surface area (TPSA) is 64.4 Å². The Labute approximate surface area is 96.2 Å². The molecule has 16 heavy (non-hydrogen) atoms. The number of carbonyl (C=O) groups excluding carboxylic acids is 1. The highest BCUT2D eigenvalue weighted by atomic mass is 16.5. The third-order valence-corrected chi connectivity index (χ3v) is 3.35. The third kappa shape index (κ3) is 2.62. The zero-order chi connectivity index (χ0) is 11.5. The quantitative estimate of drug-likeness (QED) is 0.689. The van der Waals surface area contributed by atoms with Crippen LogP contribution in [0.3, 0.4) is 0 Å². The van der Waals surface area contributed by atoms with E-state index in [4.69, 9.17) is 10.5 Å². The van der Waals surface area contributed by atoms with E-state index in [0.717, 1.165) is 25.9 Å². The molecular formula is C12H20N2O2. The van der Waals surface area contributed by atoms with Gasteiger partial charge in [0.25, 0.3) is 0 Å². The molecule has 2 rings (SSSR count). The molecule has 1 aliphatic heterocycles. The molecule has 1 amide bonds. The second-order valence-electron chi connectivity index (χ2n) is 4.74. The molecule has 1 heterocycles. The largest absolute Gasteiger partial charge is 0.376 e. The number of hydrogen-bond acceptors (Lipinski definition) is 3. The van der Waals surface area contributed by atoms with Crippen LogP contribution in [-0.2, 0) is 9.53 Å². The first-order valence-electron chi connectivity index (χ1n) is 6.02. The molecule has 0 aromatic carbocycles. The van der Waals surface area contributed by atoms with Crippen molar-refractivity contribution < 1.29 is 9.53 Å². The summed E-state index contributed by atoms with van der Waals surface area (Å²) < 4.78 is 5.54. The molecule has 0 spiro atoms. The average molecular weight is 224 g/mol. The molecule has 1 saturated heterocycles. The summed E-state index contributed by atoms with van der Waals surface area (Å²) in [5.74, 6) is 0.0195. The van der Waals surface area contributed by atoms with E-state index in [0.29, 0.717) is 0 Å². The highest BCUT2D eigenvalue weighted by Gasteiger charge is 2.27. The molecule has 0 aromatic heterocycles. The number of nitrogens with one attached hydrogen (secondary N) is 1. The van der Waals surface area contributed by atoms with Crippen molar-refractivity contribution in [1.82, 2.24) is 5.32 Å². The van der Waals surface area contributed by atoms with Crippen LogP contribution >= 0.6 is 0 Å². The number of ether oxygens (including phenoxy) is 1. The number of nitrogens with two attached hydrogens (primary N) is 1. The molecule has 0 saturated carbocycles. The zero-order valence-electron chi connectivity index (χ0n) is 9.69. The van der Waals surface area contributed by atoms with E-state index in [-0.39, 0.29) is 30.0 Å². The maximum Gasteiger partial charge on any atom is 0.227 e. The van der Waals surface area contributed by atoms with Crippen LogP contribution in [0.15, 0.2) is 12.2 Å². The van der Waals surface area contributed by atoms with Gasteiger partial charge in [-0.3, -0.25) is 4.79 Å². The number of carbonyl (C=O) groups is 1. The van der Waals surface area contributed by atoms with E-state index in [1.807, 2.05) is 19.1 Å². The molecule has 4 atom stereocenters. The van der Waals surface area contributed by atoms with Gasteiger partial charge >= 0.3 is 0 Å². The molecule has 0 bridgehead atoms. The van der Waals surface area contributed by atoms with Crippen molar-refractivity contribution >= 4 is 5.91 Å². The first-order valence-corrected chi connectivity index (χ1v) is 6.02. The van der Waals surface area contributed by atoms with Gasteiger partial charge in [-0.2, -0.15) is 0 Å². The Morgan fingerprint density at radius 3 is 2.94 bits per heavy atom. The first-order chi connectivity index (χ1) is 7.66. The fourth-order valence-corrected chi connectivity index (χ4v) is 2.34. The Morgan fingerprint density at radius 2 is 2.38 bits per heavy atom. The Kier molecular flexibility index (Phi) is 3.61. The second-order valence-corrected chi connectivity index (χ2v) is 4.74. The molecule has 0 aromatic rings. The van der Waals surface area contributed by atoms with Crippen LogP contribution in [0.4, 0.5) is 0 Å². The second kappa shape index (κ2) is 4.97. The van der Waals surface area contributed by atoms with Gasteiger partial charge in [-0.1, -0.05) is 12.2 Å². The van der Waals surface area contributed by atoms with E-state index in [2.05, 4.69) is 5.32 Å². The standard InChI is InChI=1S/C12H20N2O2/c1-8(11-3-2-6-16-11)14-12(15)9-4-5-10(13)7-9/h4-5,8-11H,2-3,6-7,13H2,1H3,(H,14,15). The summed E-state index contributed by atoms with van der Waals surface area (Å²) in [4.78, 5) is 11.9. The minimum atomic E-state index is -0.0566. The summed E-state index contributed by atoms with van der Waals surface area (Å²) in [6.45, 7) is 2.82. The predicted molar refractivity (Wildman–Crippen MR) is 61.8 cm³/mol. The minimum Gasteiger partial charge on any atom is -0.376 e. The van der Waals surface area contributed by atoms with Gasteiger partial charge in [0.05, 0.1) is 18.1 Å². The maximum atomic E-state index is 11.9. The molecular weight excluding hydrogens is 204 g/mol. The lowest BCUT2D eigenvalue weighted by Gasteiger charge is -2.21. The van der Waals surface area contributed by atoms with Crippen LogP contribution in [0, 0.1) is 5.92 Å². The fourth-order valence-electron chi connectivity index (χ4n) is 2.34. The Bertz CT molecular complexity index is 285. The molecule has 1 aliphatic carbocycles. The fraction of sp³-hybridized carbons (Fsp3) is 0.750. The first kappa shape index (κ1) is 11.6. The van der Waals surface area contributed by atoms with E-state index >= 15 is 0 Å². The molecule has 90 valence electrons. The van der Waals surface area contributed by atoms with Crippen LogP contribution in [-0.4, -0.2) is 30.7 Å². The molecule has 2 aliphatic rings. The molecule has 1 fully saturated rings. The molecule has 0 radical (unpaired) electrons. The molecule has 3 N–H and O–H groups in total. The van der Waals surface area contributed by atoms with Crippen molar-refractivity contribution in [3.63, 3.8) is 0 Å². The SMILES string of the molecule is CC(NC(=O)C1C=CC(N)C1)C1CCCO1. The Balaban J connectivity index is 1.80. The monoisotopic (exact) mass is 224 g/mol. The number of rotatable bonds is 3. The van der Waals surface area contributed by atoms with Crippen LogP contribution in [0.25, 0.3) is 0 Å². The average Bonchev–Trinajstić information content (AvgIpc) is 2.87. The normalized spacial score (nSPS) is 35.2. The van der Waals surface area contributed by atoms with Gasteiger partial charge < -0.3 is 15.8 Å². The summed E-state index contributed by atoms with van der Waals surface area (Å²) in [7, 11) is 0. The van der Waals surface area contributed by atoms with Crippen LogP contribution in [0.2, 0.25) is 0 Å². The highest BCUT2D eigenvalue weighted by molar-refractivity contribution is 5.81. The van der Waals surface area contributed by atoms with Gasteiger partial charge in [-0.05, 0) is 26.2 Å². The smallest absolute Gasteiger partial charge is 0.227 e. The van der Waals surface area contributed by atoms with Crippen molar-refractivity contribution in [1.29, 1.82) is 0 Å². The van der Waals surface area contributed by atoms with Gasteiger partial charge in [0.15, 0.2) is 0 Å². The van der Waals surface area contributed by atoms with Crippen LogP contribution in [0.1, 0.15) is 26.2 Å². The molecule has 4 nitrogen and oxygen atoms in total. The summed E-state index contributed by atoms with van der Waals surface area (Å²) in [5, 5.41) is 3.01. The zero-order valence-corrected chi connectivity index (χ0v) is 9.69. The number of amides is 1. The maximum absolute atomic E-state index is 11.9. The lowest BCUT2D eigenvalue weighted by atomic mass is 10.1. The highest BCUT2D eigenvalue weighted by Crippen LogP contribution is 2.19. The minimum absolute atomic E-state index is 0.0359. The van der Waals surface area contributed by atoms with Crippen molar-refractivity contribution in [3.05, 3.63) is 12.2 Å². The Hall–Kier alpha value is -0.870. The van der Waals surface area contributed by atoms with Crippen molar-refractivity contribution in [2.75, 3.05) is 6.61 Å². The summed E-state index contributed by atoms with van der Waals surface area (Å²) in [6.07, 6.45) is 6.86. The van der Waals surface area contributed by atoms with Gasteiger partial charge in [0, 0.05) is 12.6 Å². The van der Waals surface area contributed by atoms with Gasteiger partial charge in [0.1, 0.15) is 0 Å². The summed E-state index contributed by atoms with van der Waals surface area (Å²) >= 11 is 0. The van der Waals surface area contributed by atoms with E-state index in [1.165, 1.54) is 0 Å². The van der Waals surface area contributed by atoms with Crippen LogP contribution < -0.4 is 11.1 Å². The predicted octanol–water partition coefficient (Wildman–Crippen LogP) is 0.573. The molecule has 4 unspecified atom stereocenters. The van der Waals surface area contributed by atoms with E-state index < -0.39 is 0 Å². The summed E-state index contributed by atoms with van der Waals surface area (Å²) in [6, 6.07) is 0.133. The van der Waals surface area contributed by atoms with Gasteiger partial charge in [-0.25, -0.2) is 0 Å². The van der Waals surface area contributed by atoms with Gasteiger partial charge in [0.2, 0.25) is 5.91 Å².